The van der Waals surface area contributed by atoms with Crippen LogP contribution in [0.15, 0.2) is 5.16 Å². The maximum Gasteiger partial charge on any atom is 0.316 e. The first-order valence-corrected chi connectivity index (χ1v) is 6.46. The molecule has 0 fully saturated rings. The summed E-state index contributed by atoms with van der Waals surface area (Å²) >= 11 is 6.89. The van der Waals surface area contributed by atoms with E-state index in [0.29, 0.717) is 24.3 Å². The molecular weight excluding hydrogens is 264 g/mol. The number of esters is 1. The quantitative estimate of drug-likeness (QED) is 0.625. The summed E-state index contributed by atoms with van der Waals surface area (Å²) in [7, 11) is 0. The third kappa shape index (κ3) is 5.18. The van der Waals surface area contributed by atoms with Crippen molar-refractivity contribution in [3.8, 4) is 0 Å². The molecule has 1 aromatic rings. The first kappa shape index (κ1) is 14.0. The van der Waals surface area contributed by atoms with Gasteiger partial charge in [0.2, 0.25) is 11.2 Å². The second-order valence-electron chi connectivity index (χ2n) is 2.83. The summed E-state index contributed by atoms with van der Waals surface area (Å²) in [6.07, 6.45) is 0. The van der Waals surface area contributed by atoms with E-state index in [1.165, 1.54) is 0 Å². The maximum absolute atomic E-state index is 11.1. The molecule has 0 radical (unpaired) electrons. The molecule has 94 valence electrons. The summed E-state index contributed by atoms with van der Waals surface area (Å²) in [6, 6.07) is 0. The van der Waals surface area contributed by atoms with E-state index in [0.717, 1.165) is 11.8 Å². The molecule has 0 aromatic carbocycles. The summed E-state index contributed by atoms with van der Waals surface area (Å²) in [5.74, 6) is 0.248. The lowest BCUT2D eigenvalue weighted by Gasteiger charge is -2.04. The highest BCUT2D eigenvalue weighted by molar-refractivity contribution is 7.99. The van der Waals surface area contributed by atoms with E-state index >= 15 is 0 Å². The Labute approximate surface area is 109 Å². The highest BCUT2D eigenvalue weighted by Crippen LogP contribution is 2.16. The summed E-state index contributed by atoms with van der Waals surface area (Å²) in [5, 5.41) is 3.42. The predicted octanol–water partition coefficient (Wildman–Crippen LogP) is 1.61. The Morgan fingerprint density at radius 3 is 2.82 bits per heavy atom. The van der Waals surface area contributed by atoms with Crippen LogP contribution in [0.3, 0.4) is 0 Å². The van der Waals surface area contributed by atoms with Gasteiger partial charge in [-0.3, -0.25) is 4.79 Å². The zero-order valence-corrected chi connectivity index (χ0v) is 11.1. The van der Waals surface area contributed by atoms with E-state index in [1.54, 1.807) is 6.92 Å². The molecule has 1 heterocycles. The molecule has 6 nitrogen and oxygen atoms in total. The summed E-state index contributed by atoms with van der Waals surface area (Å²) in [5.41, 5.74) is 0. The Bertz CT molecular complexity index is 391. The molecule has 0 spiro atoms. The van der Waals surface area contributed by atoms with Crippen molar-refractivity contribution < 1.29 is 9.53 Å². The molecule has 0 aliphatic carbocycles. The van der Waals surface area contributed by atoms with Crippen LogP contribution in [0, 0.1) is 0 Å². The number of carbonyl (C=O) groups is 1. The van der Waals surface area contributed by atoms with Crippen LogP contribution in [0.1, 0.15) is 13.8 Å². The van der Waals surface area contributed by atoms with Gasteiger partial charge in [-0.15, -0.1) is 0 Å². The molecule has 1 rings (SSSR count). The minimum Gasteiger partial charge on any atom is -0.465 e. The minimum atomic E-state index is -0.306. The van der Waals surface area contributed by atoms with Crippen molar-refractivity contribution in [3.63, 3.8) is 0 Å². The molecule has 1 aromatic heterocycles. The van der Waals surface area contributed by atoms with Gasteiger partial charge in [0.05, 0.1) is 12.4 Å². The third-order valence-corrected chi connectivity index (χ3v) is 2.54. The highest BCUT2D eigenvalue weighted by Gasteiger charge is 2.08. The summed E-state index contributed by atoms with van der Waals surface area (Å²) < 4.78 is 4.79. The van der Waals surface area contributed by atoms with Crippen molar-refractivity contribution in [2.24, 2.45) is 0 Å². The van der Waals surface area contributed by atoms with E-state index in [9.17, 15) is 4.79 Å². The number of thioether (sulfide) groups is 1. The van der Waals surface area contributed by atoms with Crippen LogP contribution in [-0.2, 0) is 9.53 Å². The zero-order chi connectivity index (χ0) is 12.7. The third-order valence-electron chi connectivity index (χ3n) is 1.55. The van der Waals surface area contributed by atoms with Crippen molar-refractivity contribution in [1.29, 1.82) is 0 Å². The van der Waals surface area contributed by atoms with Crippen molar-refractivity contribution in [1.82, 2.24) is 15.0 Å². The van der Waals surface area contributed by atoms with Crippen LogP contribution in [0.2, 0.25) is 5.28 Å². The standard InChI is InChI=1S/C9H13ClN4O2S/c1-3-11-8-12-7(10)13-9(14-8)17-5-6(15)16-4-2/h3-5H2,1-2H3,(H,11,12,13,14). The van der Waals surface area contributed by atoms with Crippen molar-refractivity contribution >= 4 is 35.3 Å². The SMILES string of the molecule is CCNc1nc(Cl)nc(SCC(=O)OCC)n1. The molecular formula is C9H13ClN4O2S. The van der Waals surface area contributed by atoms with Crippen LogP contribution in [0.25, 0.3) is 0 Å². The second-order valence-corrected chi connectivity index (χ2v) is 4.12. The number of ether oxygens (including phenoxy) is 1. The fourth-order valence-corrected chi connectivity index (χ4v) is 1.80. The van der Waals surface area contributed by atoms with Gasteiger partial charge in [-0.05, 0) is 25.4 Å². The van der Waals surface area contributed by atoms with Gasteiger partial charge < -0.3 is 10.1 Å². The largest absolute Gasteiger partial charge is 0.465 e. The number of rotatable bonds is 6. The second kappa shape index (κ2) is 7.29. The van der Waals surface area contributed by atoms with E-state index in [1.807, 2.05) is 6.92 Å². The van der Waals surface area contributed by atoms with Gasteiger partial charge >= 0.3 is 5.97 Å². The maximum atomic E-state index is 11.1. The van der Waals surface area contributed by atoms with E-state index in [-0.39, 0.29) is 17.0 Å². The zero-order valence-electron chi connectivity index (χ0n) is 9.57. The molecule has 1 N–H and O–H groups in total. The van der Waals surface area contributed by atoms with E-state index < -0.39 is 0 Å². The molecule has 0 aliphatic heterocycles. The van der Waals surface area contributed by atoms with Crippen LogP contribution in [0.4, 0.5) is 5.95 Å². The lowest BCUT2D eigenvalue weighted by Crippen LogP contribution is -2.08. The lowest BCUT2D eigenvalue weighted by atomic mass is 10.7. The lowest BCUT2D eigenvalue weighted by molar-refractivity contribution is -0.139. The fourth-order valence-electron chi connectivity index (χ4n) is 0.960. The van der Waals surface area contributed by atoms with Crippen LogP contribution >= 0.6 is 23.4 Å². The van der Waals surface area contributed by atoms with Gasteiger partial charge in [-0.2, -0.15) is 15.0 Å². The average molecular weight is 277 g/mol. The normalized spacial score (nSPS) is 10.1. The Morgan fingerprint density at radius 2 is 2.18 bits per heavy atom. The number of aromatic nitrogens is 3. The number of hydrogen-bond donors (Lipinski definition) is 1. The Hall–Kier alpha value is -1.08. The van der Waals surface area contributed by atoms with E-state index in [4.69, 9.17) is 16.3 Å². The minimum absolute atomic E-state index is 0.0994. The van der Waals surface area contributed by atoms with Crippen molar-refractivity contribution in [2.75, 3.05) is 24.2 Å². The van der Waals surface area contributed by atoms with E-state index in [2.05, 4.69) is 20.3 Å². The molecule has 17 heavy (non-hydrogen) atoms. The first-order valence-electron chi connectivity index (χ1n) is 5.09. The number of carbonyl (C=O) groups excluding carboxylic acids is 1. The van der Waals surface area contributed by atoms with Gasteiger partial charge in [-0.25, -0.2) is 0 Å². The molecule has 0 unspecified atom stereocenters. The Balaban J connectivity index is 2.61. The number of hydrogen-bond acceptors (Lipinski definition) is 7. The molecule has 8 heteroatoms. The molecule has 0 saturated heterocycles. The molecule has 0 amide bonds. The van der Waals surface area contributed by atoms with Crippen LogP contribution < -0.4 is 5.32 Å². The highest BCUT2D eigenvalue weighted by atomic mass is 35.5. The van der Waals surface area contributed by atoms with Gasteiger partial charge in [0, 0.05) is 6.54 Å². The molecule has 0 atom stereocenters. The van der Waals surface area contributed by atoms with Crippen LogP contribution in [-0.4, -0.2) is 39.8 Å². The van der Waals surface area contributed by atoms with Gasteiger partial charge in [-0.1, -0.05) is 11.8 Å². The fraction of sp³-hybridized carbons (Fsp3) is 0.556. The molecule has 0 bridgehead atoms. The van der Waals surface area contributed by atoms with Gasteiger partial charge in [0.1, 0.15) is 0 Å². The number of nitrogens with zero attached hydrogens (tertiary/aromatic N) is 3. The van der Waals surface area contributed by atoms with Gasteiger partial charge in [0.25, 0.3) is 0 Å². The topological polar surface area (TPSA) is 77.0 Å². The smallest absolute Gasteiger partial charge is 0.316 e. The Morgan fingerprint density at radius 1 is 1.41 bits per heavy atom. The summed E-state index contributed by atoms with van der Waals surface area (Å²) in [4.78, 5) is 23.0. The number of nitrogens with one attached hydrogen (secondary N) is 1. The predicted molar refractivity (Wildman–Crippen MR) is 66.4 cm³/mol. The van der Waals surface area contributed by atoms with Crippen molar-refractivity contribution in [3.05, 3.63) is 5.28 Å². The monoisotopic (exact) mass is 276 g/mol. The summed E-state index contributed by atoms with van der Waals surface area (Å²) in [6.45, 7) is 4.72. The molecule has 0 saturated carbocycles. The first-order chi connectivity index (χ1) is 8.15. The van der Waals surface area contributed by atoms with Crippen LogP contribution in [0.5, 0.6) is 0 Å². The number of anilines is 1. The van der Waals surface area contributed by atoms with Crippen molar-refractivity contribution in [2.45, 2.75) is 19.0 Å². The number of halogens is 1. The molecule has 0 aliphatic rings. The van der Waals surface area contributed by atoms with Gasteiger partial charge in [0.15, 0.2) is 5.16 Å². The average Bonchev–Trinajstić information content (AvgIpc) is 2.26. The Kier molecular flexibility index (Phi) is 5.99.